The lowest BCUT2D eigenvalue weighted by atomic mass is 10.1. The summed E-state index contributed by atoms with van der Waals surface area (Å²) in [6.07, 6.45) is 0.223. The molecule has 0 heterocycles. The van der Waals surface area contributed by atoms with Gasteiger partial charge in [-0.15, -0.1) is 0 Å². The molecule has 0 atom stereocenters. The third kappa shape index (κ3) is 6.95. The lowest BCUT2D eigenvalue weighted by Gasteiger charge is -2.11. The van der Waals surface area contributed by atoms with Gasteiger partial charge in [-0.05, 0) is 54.5 Å². The predicted octanol–water partition coefficient (Wildman–Crippen LogP) is 4.35. The number of benzene rings is 2. The average molecular weight is 375 g/mol. The van der Waals surface area contributed by atoms with Crippen molar-refractivity contribution in [2.75, 3.05) is 11.9 Å². The van der Waals surface area contributed by atoms with E-state index in [0.717, 1.165) is 16.8 Å². The van der Waals surface area contributed by atoms with E-state index in [0.29, 0.717) is 17.4 Å². The van der Waals surface area contributed by atoms with Gasteiger partial charge in [-0.3, -0.25) is 4.79 Å². The Bertz CT molecular complexity index is 775. The molecule has 0 bridgehead atoms. The van der Waals surface area contributed by atoms with Crippen LogP contribution in [0.3, 0.4) is 0 Å². The van der Waals surface area contributed by atoms with Crippen LogP contribution in [-0.4, -0.2) is 17.6 Å². The third-order valence-corrected chi connectivity index (χ3v) is 3.56. The Labute approximate surface area is 157 Å². The Morgan fingerprint density at radius 1 is 1.24 bits per heavy atom. The molecule has 0 saturated heterocycles. The zero-order valence-corrected chi connectivity index (χ0v) is 15.4. The van der Waals surface area contributed by atoms with Crippen LogP contribution in [0, 0.1) is 0 Å². The largest absolute Gasteiger partial charge is 0.489 e. The van der Waals surface area contributed by atoms with E-state index < -0.39 is 0 Å². The van der Waals surface area contributed by atoms with E-state index in [1.54, 1.807) is 30.3 Å². The number of amides is 1. The van der Waals surface area contributed by atoms with Crippen LogP contribution in [0.15, 0.2) is 60.7 Å². The topological polar surface area (TPSA) is 50.4 Å². The second kappa shape index (κ2) is 9.20. The molecular weight excluding hydrogens is 356 g/mol. The Morgan fingerprint density at radius 3 is 2.64 bits per heavy atom. The number of anilines is 1. The van der Waals surface area contributed by atoms with E-state index in [2.05, 4.69) is 17.2 Å². The highest BCUT2D eigenvalue weighted by molar-refractivity contribution is 7.80. The molecule has 1 amide bonds. The number of hydrogen-bond acceptors (Lipinski definition) is 3. The molecule has 0 saturated carbocycles. The summed E-state index contributed by atoms with van der Waals surface area (Å²) < 4.78 is 5.58. The number of carbonyl (C=O) groups is 1. The van der Waals surface area contributed by atoms with E-state index in [9.17, 15) is 4.79 Å². The molecule has 2 N–H and O–H groups in total. The minimum atomic E-state index is -0.200. The van der Waals surface area contributed by atoms with Crippen molar-refractivity contribution in [3.8, 4) is 5.75 Å². The molecule has 2 aromatic carbocycles. The molecule has 130 valence electrons. The van der Waals surface area contributed by atoms with Gasteiger partial charge >= 0.3 is 0 Å². The number of halogens is 1. The molecule has 0 unspecified atom stereocenters. The molecule has 4 nitrogen and oxygen atoms in total. The minimum absolute atomic E-state index is 0.200. The number of carbonyl (C=O) groups excluding carboxylic acids is 1. The molecule has 0 fully saturated rings. The van der Waals surface area contributed by atoms with E-state index >= 15 is 0 Å². The lowest BCUT2D eigenvalue weighted by molar-refractivity contribution is -0.119. The van der Waals surface area contributed by atoms with Crippen LogP contribution in [-0.2, 0) is 11.2 Å². The first kappa shape index (κ1) is 19.0. The number of hydrogen-bond donors (Lipinski definition) is 2. The van der Waals surface area contributed by atoms with Crippen LogP contribution in [0.25, 0.3) is 0 Å². The molecule has 0 aromatic heterocycles. The van der Waals surface area contributed by atoms with E-state index in [4.69, 9.17) is 28.6 Å². The number of nitrogens with one attached hydrogen (secondary N) is 2. The standard InChI is InChI=1S/C19H19ClN2O2S/c1-13(2)12-24-17-5-3-4-16(11-17)21-19(25)22-18(23)10-14-6-8-15(20)9-7-14/h3-9,11H,1,10,12H2,2H3,(H2,21,22,23,25). The summed E-state index contributed by atoms with van der Waals surface area (Å²) in [5.74, 6) is 0.498. The average Bonchev–Trinajstić information content (AvgIpc) is 2.55. The molecule has 25 heavy (non-hydrogen) atoms. The zero-order chi connectivity index (χ0) is 18.2. The fourth-order valence-corrected chi connectivity index (χ4v) is 2.35. The van der Waals surface area contributed by atoms with Gasteiger partial charge in [-0.25, -0.2) is 0 Å². The first-order valence-electron chi connectivity index (χ1n) is 7.65. The highest BCUT2D eigenvalue weighted by atomic mass is 35.5. The van der Waals surface area contributed by atoms with Gasteiger partial charge in [0.1, 0.15) is 12.4 Å². The van der Waals surface area contributed by atoms with Crippen LogP contribution in [0.1, 0.15) is 12.5 Å². The van der Waals surface area contributed by atoms with E-state index in [1.165, 1.54) is 0 Å². The SMILES string of the molecule is C=C(C)COc1cccc(NC(=S)NC(=O)Cc2ccc(Cl)cc2)c1. The Balaban J connectivity index is 1.86. The van der Waals surface area contributed by atoms with Gasteiger partial charge in [-0.1, -0.05) is 36.4 Å². The first-order valence-corrected chi connectivity index (χ1v) is 8.43. The van der Waals surface area contributed by atoms with Crippen LogP contribution < -0.4 is 15.4 Å². The highest BCUT2D eigenvalue weighted by Crippen LogP contribution is 2.17. The summed E-state index contributed by atoms with van der Waals surface area (Å²) in [5, 5.41) is 6.49. The Morgan fingerprint density at radius 2 is 1.96 bits per heavy atom. The molecule has 0 aliphatic rings. The Kier molecular flexibility index (Phi) is 6.98. The van der Waals surface area contributed by atoms with E-state index in [1.807, 2.05) is 25.1 Å². The molecule has 2 rings (SSSR count). The summed E-state index contributed by atoms with van der Waals surface area (Å²) in [7, 11) is 0. The van der Waals surface area contributed by atoms with Crippen molar-refractivity contribution in [2.45, 2.75) is 13.3 Å². The molecular formula is C19H19ClN2O2S. The van der Waals surface area contributed by atoms with Gasteiger partial charge in [0.15, 0.2) is 5.11 Å². The van der Waals surface area contributed by atoms with Crippen molar-refractivity contribution < 1.29 is 9.53 Å². The van der Waals surface area contributed by atoms with Crippen molar-refractivity contribution in [3.63, 3.8) is 0 Å². The molecule has 0 aliphatic heterocycles. The van der Waals surface area contributed by atoms with Crippen LogP contribution in [0.4, 0.5) is 5.69 Å². The molecule has 2 aromatic rings. The summed E-state index contributed by atoms with van der Waals surface area (Å²) in [4.78, 5) is 12.0. The summed E-state index contributed by atoms with van der Waals surface area (Å²) >= 11 is 11.0. The maximum absolute atomic E-state index is 12.0. The van der Waals surface area contributed by atoms with Gasteiger partial charge in [0.2, 0.25) is 5.91 Å². The maximum atomic E-state index is 12.0. The lowest BCUT2D eigenvalue weighted by Crippen LogP contribution is -2.35. The number of thiocarbonyl (C=S) groups is 1. The maximum Gasteiger partial charge on any atom is 0.230 e. The quantitative estimate of drug-likeness (QED) is 0.583. The summed E-state index contributed by atoms with van der Waals surface area (Å²) in [5.41, 5.74) is 2.53. The fourth-order valence-electron chi connectivity index (χ4n) is 1.99. The van der Waals surface area contributed by atoms with Crippen LogP contribution in [0.2, 0.25) is 5.02 Å². The third-order valence-electron chi connectivity index (χ3n) is 3.11. The number of rotatable bonds is 6. The second-order valence-corrected chi connectivity index (χ2v) is 6.42. The van der Waals surface area contributed by atoms with Crippen molar-refractivity contribution in [1.29, 1.82) is 0 Å². The summed E-state index contributed by atoms with van der Waals surface area (Å²) in [6, 6.07) is 14.4. The second-order valence-electron chi connectivity index (χ2n) is 5.58. The van der Waals surface area contributed by atoms with Crippen molar-refractivity contribution in [1.82, 2.24) is 5.32 Å². The normalized spacial score (nSPS) is 10.0. The zero-order valence-electron chi connectivity index (χ0n) is 13.8. The minimum Gasteiger partial charge on any atom is -0.489 e. The van der Waals surface area contributed by atoms with Gasteiger partial charge in [0.25, 0.3) is 0 Å². The summed E-state index contributed by atoms with van der Waals surface area (Å²) in [6.45, 7) is 6.14. The van der Waals surface area contributed by atoms with Crippen molar-refractivity contribution in [2.24, 2.45) is 0 Å². The monoisotopic (exact) mass is 374 g/mol. The number of ether oxygens (including phenoxy) is 1. The van der Waals surface area contributed by atoms with Gasteiger partial charge in [0.05, 0.1) is 6.42 Å². The first-order chi connectivity index (χ1) is 11.9. The molecule has 0 spiro atoms. The highest BCUT2D eigenvalue weighted by Gasteiger charge is 2.07. The van der Waals surface area contributed by atoms with E-state index in [-0.39, 0.29) is 17.4 Å². The smallest absolute Gasteiger partial charge is 0.230 e. The van der Waals surface area contributed by atoms with Gasteiger partial charge in [0, 0.05) is 16.8 Å². The Hall–Kier alpha value is -2.37. The van der Waals surface area contributed by atoms with Crippen molar-refractivity contribution >= 4 is 40.5 Å². The van der Waals surface area contributed by atoms with Crippen LogP contribution in [0.5, 0.6) is 5.75 Å². The molecule has 6 heteroatoms. The van der Waals surface area contributed by atoms with Gasteiger partial charge < -0.3 is 15.4 Å². The van der Waals surface area contributed by atoms with Crippen LogP contribution >= 0.6 is 23.8 Å². The molecule has 0 radical (unpaired) electrons. The predicted molar refractivity (Wildman–Crippen MR) is 106 cm³/mol. The van der Waals surface area contributed by atoms with Crippen molar-refractivity contribution in [3.05, 3.63) is 71.3 Å². The fraction of sp³-hybridized carbons (Fsp3) is 0.158. The molecule has 0 aliphatic carbocycles. The van der Waals surface area contributed by atoms with Gasteiger partial charge in [-0.2, -0.15) is 0 Å².